The van der Waals surface area contributed by atoms with Crippen LogP contribution in [0.4, 0.5) is 0 Å². The second-order valence-electron chi connectivity index (χ2n) is 7.28. The van der Waals surface area contributed by atoms with E-state index in [4.69, 9.17) is 9.15 Å². The fourth-order valence-corrected chi connectivity index (χ4v) is 4.31. The number of methoxy groups -OCH3 is 1. The molecule has 1 atom stereocenters. The van der Waals surface area contributed by atoms with E-state index in [9.17, 15) is 0 Å². The fraction of sp³-hybridized carbons (Fsp3) is 0.120. The second-order valence-corrected chi connectivity index (χ2v) is 8.59. The Morgan fingerprint density at radius 2 is 1.55 bits per heavy atom. The van der Waals surface area contributed by atoms with E-state index >= 15 is 0 Å². The number of thioether (sulfide) groups is 1. The molecule has 0 bridgehead atoms. The highest BCUT2D eigenvalue weighted by molar-refractivity contribution is 7.99. The zero-order valence-corrected chi connectivity index (χ0v) is 18.9. The topological polar surface area (TPSA) is 78.9 Å². The molecule has 33 heavy (non-hydrogen) atoms. The van der Waals surface area contributed by atoms with Crippen LogP contribution in [0.1, 0.15) is 18.1 Å². The maximum absolute atomic E-state index is 5.95. The Hall–Kier alpha value is -3.91. The molecule has 2 aromatic heterocycles. The predicted octanol–water partition coefficient (Wildman–Crippen LogP) is 5.85. The highest BCUT2D eigenvalue weighted by Gasteiger charge is 2.22. The van der Waals surface area contributed by atoms with Crippen LogP contribution in [0.2, 0.25) is 0 Å². The third-order valence-corrected chi connectivity index (χ3v) is 6.10. The molecule has 0 fully saturated rings. The highest BCUT2D eigenvalue weighted by atomic mass is 32.2. The van der Waals surface area contributed by atoms with Crippen LogP contribution in [0.25, 0.3) is 28.5 Å². The normalized spacial score (nSPS) is 11.9. The Kier molecular flexibility index (Phi) is 5.91. The van der Waals surface area contributed by atoms with E-state index in [2.05, 4.69) is 20.4 Å². The van der Waals surface area contributed by atoms with Crippen molar-refractivity contribution in [1.82, 2.24) is 25.0 Å². The van der Waals surface area contributed by atoms with Gasteiger partial charge in [0.25, 0.3) is 0 Å². The molecule has 0 amide bonds. The summed E-state index contributed by atoms with van der Waals surface area (Å²) in [7, 11) is 1.65. The molecule has 3 aromatic carbocycles. The monoisotopic (exact) mass is 455 g/mol. The van der Waals surface area contributed by atoms with Gasteiger partial charge in [-0.1, -0.05) is 60.3 Å². The second kappa shape index (κ2) is 9.30. The minimum atomic E-state index is -0.125. The van der Waals surface area contributed by atoms with Gasteiger partial charge >= 0.3 is 0 Å². The number of rotatable bonds is 7. The van der Waals surface area contributed by atoms with E-state index in [-0.39, 0.29) is 5.25 Å². The fourth-order valence-electron chi connectivity index (χ4n) is 3.41. The Balaban J connectivity index is 1.49. The van der Waals surface area contributed by atoms with Crippen LogP contribution in [-0.4, -0.2) is 32.1 Å². The highest BCUT2D eigenvalue weighted by Crippen LogP contribution is 2.37. The van der Waals surface area contributed by atoms with Gasteiger partial charge in [0.1, 0.15) is 5.75 Å². The smallest absolute Gasteiger partial charge is 0.247 e. The summed E-state index contributed by atoms with van der Waals surface area (Å²) in [5.41, 5.74) is 2.76. The van der Waals surface area contributed by atoms with Gasteiger partial charge < -0.3 is 9.15 Å². The molecule has 0 radical (unpaired) electrons. The molecule has 5 aromatic rings. The van der Waals surface area contributed by atoms with E-state index in [0.29, 0.717) is 11.8 Å². The first-order valence-electron chi connectivity index (χ1n) is 10.4. The molecular formula is C25H21N5O2S. The molecule has 0 spiro atoms. The molecular weight excluding hydrogens is 434 g/mol. The summed E-state index contributed by atoms with van der Waals surface area (Å²) in [6.45, 7) is 2.02. The van der Waals surface area contributed by atoms with Crippen molar-refractivity contribution in [2.24, 2.45) is 0 Å². The van der Waals surface area contributed by atoms with Crippen molar-refractivity contribution in [3.63, 3.8) is 0 Å². The summed E-state index contributed by atoms with van der Waals surface area (Å²) in [6, 6.07) is 27.6. The zero-order valence-electron chi connectivity index (χ0n) is 18.1. The summed E-state index contributed by atoms with van der Waals surface area (Å²) in [5, 5.41) is 18.1. The van der Waals surface area contributed by atoms with Gasteiger partial charge in [0, 0.05) is 16.8 Å². The number of benzene rings is 3. The first kappa shape index (κ1) is 21.0. The van der Waals surface area contributed by atoms with Crippen LogP contribution >= 0.6 is 11.8 Å². The number of hydrogen-bond acceptors (Lipinski definition) is 7. The van der Waals surface area contributed by atoms with E-state index in [1.165, 1.54) is 11.8 Å². The Bertz CT molecular complexity index is 1350. The maximum atomic E-state index is 5.95. The molecule has 164 valence electrons. The molecule has 0 aliphatic heterocycles. The first-order chi connectivity index (χ1) is 16.2. The summed E-state index contributed by atoms with van der Waals surface area (Å²) in [5.74, 6) is 2.52. The molecule has 8 heteroatoms. The van der Waals surface area contributed by atoms with Gasteiger partial charge in [0.2, 0.25) is 11.8 Å². The number of aromatic nitrogens is 5. The van der Waals surface area contributed by atoms with Gasteiger partial charge in [0.05, 0.1) is 12.4 Å². The van der Waals surface area contributed by atoms with Crippen molar-refractivity contribution < 1.29 is 9.15 Å². The van der Waals surface area contributed by atoms with Crippen molar-refractivity contribution in [1.29, 1.82) is 0 Å². The van der Waals surface area contributed by atoms with Crippen LogP contribution in [0.15, 0.2) is 94.5 Å². The van der Waals surface area contributed by atoms with Crippen molar-refractivity contribution in [2.45, 2.75) is 17.3 Å². The maximum Gasteiger partial charge on any atom is 0.247 e. The average Bonchev–Trinajstić information content (AvgIpc) is 3.53. The summed E-state index contributed by atoms with van der Waals surface area (Å²) < 4.78 is 13.4. The third kappa shape index (κ3) is 4.38. The summed E-state index contributed by atoms with van der Waals surface area (Å²) >= 11 is 1.51. The Labute approximate surface area is 195 Å². The number of para-hydroxylation sites is 1. The molecule has 2 heterocycles. The number of ether oxygens (including phenoxy) is 1. The van der Waals surface area contributed by atoms with Crippen LogP contribution < -0.4 is 4.74 Å². The zero-order chi connectivity index (χ0) is 22.6. The first-order valence-corrected chi connectivity index (χ1v) is 11.3. The summed E-state index contributed by atoms with van der Waals surface area (Å²) in [4.78, 5) is 0. The minimum Gasteiger partial charge on any atom is -0.497 e. The quantitative estimate of drug-likeness (QED) is 0.285. The molecule has 0 N–H and O–H groups in total. The third-order valence-electron chi connectivity index (χ3n) is 5.07. The molecule has 0 saturated heterocycles. The molecule has 0 saturated carbocycles. The minimum absolute atomic E-state index is 0.125. The van der Waals surface area contributed by atoms with Gasteiger partial charge in [-0.15, -0.1) is 20.4 Å². The molecule has 0 aliphatic carbocycles. The molecule has 0 aliphatic rings. The van der Waals surface area contributed by atoms with Crippen molar-refractivity contribution >= 4 is 11.8 Å². The van der Waals surface area contributed by atoms with Crippen molar-refractivity contribution in [3.8, 4) is 34.3 Å². The molecule has 5 rings (SSSR count). The van der Waals surface area contributed by atoms with E-state index in [1.54, 1.807) is 7.11 Å². The van der Waals surface area contributed by atoms with Crippen LogP contribution in [-0.2, 0) is 0 Å². The lowest BCUT2D eigenvalue weighted by Gasteiger charge is -2.12. The Morgan fingerprint density at radius 1 is 0.818 bits per heavy atom. The largest absolute Gasteiger partial charge is 0.497 e. The van der Waals surface area contributed by atoms with E-state index < -0.39 is 0 Å². The standard InChI is InChI=1S/C25H21N5O2S/c1-17(23-27-28-24(32-23)18-10-5-3-6-11-18)33-25-29-26-22(19-12-9-15-21(16-19)31-2)30(25)20-13-7-4-8-14-20/h3-17H,1-2H3. The van der Waals surface area contributed by atoms with Crippen LogP contribution in [0.3, 0.4) is 0 Å². The van der Waals surface area contributed by atoms with Crippen LogP contribution in [0.5, 0.6) is 5.75 Å². The lowest BCUT2D eigenvalue weighted by atomic mass is 10.2. The van der Waals surface area contributed by atoms with Gasteiger partial charge in [-0.3, -0.25) is 4.57 Å². The van der Waals surface area contributed by atoms with Gasteiger partial charge in [-0.25, -0.2) is 0 Å². The van der Waals surface area contributed by atoms with Crippen molar-refractivity contribution in [2.75, 3.05) is 7.11 Å². The number of nitrogens with zero attached hydrogens (tertiary/aromatic N) is 5. The SMILES string of the molecule is COc1cccc(-c2nnc(SC(C)c3nnc(-c4ccccc4)o3)n2-c2ccccc2)c1. The van der Waals surface area contributed by atoms with Gasteiger partial charge in [0.15, 0.2) is 11.0 Å². The van der Waals surface area contributed by atoms with Crippen molar-refractivity contribution in [3.05, 3.63) is 90.8 Å². The average molecular weight is 456 g/mol. The predicted molar refractivity (Wildman–Crippen MR) is 127 cm³/mol. The van der Waals surface area contributed by atoms with Crippen LogP contribution in [0, 0.1) is 0 Å². The van der Waals surface area contributed by atoms with E-state index in [1.807, 2.05) is 96.4 Å². The summed E-state index contributed by atoms with van der Waals surface area (Å²) in [6.07, 6.45) is 0. The molecule has 1 unspecified atom stereocenters. The lowest BCUT2D eigenvalue weighted by molar-refractivity contribution is 0.415. The van der Waals surface area contributed by atoms with Gasteiger partial charge in [-0.2, -0.15) is 0 Å². The Morgan fingerprint density at radius 3 is 2.30 bits per heavy atom. The number of hydrogen-bond donors (Lipinski definition) is 0. The molecule has 7 nitrogen and oxygen atoms in total. The lowest BCUT2D eigenvalue weighted by Crippen LogP contribution is -2.01. The van der Waals surface area contributed by atoms with Gasteiger partial charge in [-0.05, 0) is 43.3 Å². The van der Waals surface area contributed by atoms with E-state index in [0.717, 1.165) is 33.5 Å².